The highest BCUT2D eigenvalue weighted by atomic mass is 19.1. The van der Waals surface area contributed by atoms with Crippen molar-refractivity contribution in [2.75, 3.05) is 13.7 Å². The van der Waals surface area contributed by atoms with Crippen LogP contribution in [0, 0.1) is 12.7 Å². The Morgan fingerprint density at radius 3 is 2.68 bits per heavy atom. The average molecular weight is 437 g/mol. The van der Waals surface area contributed by atoms with Crippen LogP contribution in [-0.2, 0) is 15.9 Å². The molecule has 2 aliphatic heterocycles. The Kier molecular flexibility index (Phi) is 7.56. The molecular weight excluding hydrogens is 403 g/mol. The van der Waals surface area contributed by atoms with Gasteiger partial charge in [0.15, 0.2) is 11.6 Å². The fourth-order valence-corrected chi connectivity index (χ4v) is 4.03. The SMILES string of the molecule is COc1cc(C)c(CC2=C(C)N(C(C)C)N=C(OC3CC(O)CC(CO)O3)C2)cc1F. The first kappa shape index (κ1) is 23.5. The van der Waals surface area contributed by atoms with Crippen LogP contribution in [0.2, 0.25) is 0 Å². The van der Waals surface area contributed by atoms with Crippen LogP contribution in [0.3, 0.4) is 0 Å². The number of ether oxygens (including phenoxy) is 3. The molecule has 3 atom stereocenters. The lowest BCUT2D eigenvalue weighted by atomic mass is 9.95. The fourth-order valence-electron chi connectivity index (χ4n) is 4.03. The second-order valence-corrected chi connectivity index (χ2v) is 8.50. The third kappa shape index (κ3) is 5.56. The number of hydrazone groups is 1. The Hall–Kier alpha value is -2.16. The number of nitrogens with zero attached hydrogens (tertiary/aromatic N) is 2. The largest absolute Gasteiger partial charge is 0.494 e. The lowest BCUT2D eigenvalue weighted by molar-refractivity contribution is -0.191. The summed E-state index contributed by atoms with van der Waals surface area (Å²) >= 11 is 0. The van der Waals surface area contributed by atoms with E-state index >= 15 is 0 Å². The highest BCUT2D eigenvalue weighted by Crippen LogP contribution is 2.30. The Labute approximate surface area is 183 Å². The molecule has 8 heteroatoms. The summed E-state index contributed by atoms with van der Waals surface area (Å²) in [7, 11) is 1.46. The standard InChI is InChI=1S/C23H33FN2O5/c1-13(2)26-15(4)17(7-16-8-20(24)21(29-5)6-14(16)3)9-22(25-26)31-23-11-18(28)10-19(12-27)30-23/h6,8,13,18-19,23,27-28H,7,9-12H2,1-5H3. The summed E-state index contributed by atoms with van der Waals surface area (Å²) in [6, 6.07) is 3.33. The normalized spacial score (nSPS) is 24.5. The molecule has 2 N–H and O–H groups in total. The lowest BCUT2D eigenvalue weighted by Crippen LogP contribution is -2.41. The van der Waals surface area contributed by atoms with Crippen LogP contribution in [0.1, 0.15) is 51.2 Å². The van der Waals surface area contributed by atoms with Gasteiger partial charge in [0.25, 0.3) is 0 Å². The van der Waals surface area contributed by atoms with Crippen LogP contribution in [0.5, 0.6) is 5.75 Å². The van der Waals surface area contributed by atoms with E-state index in [-0.39, 0.29) is 24.2 Å². The minimum absolute atomic E-state index is 0.102. The van der Waals surface area contributed by atoms with Gasteiger partial charge in [0, 0.05) is 31.0 Å². The molecule has 0 aromatic heterocycles. The average Bonchev–Trinajstić information content (AvgIpc) is 2.71. The minimum atomic E-state index is -0.673. The zero-order chi connectivity index (χ0) is 22.7. The summed E-state index contributed by atoms with van der Waals surface area (Å²) in [4.78, 5) is 0. The van der Waals surface area contributed by atoms with E-state index in [9.17, 15) is 14.6 Å². The van der Waals surface area contributed by atoms with Crippen molar-refractivity contribution in [2.24, 2.45) is 5.10 Å². The first-order valence-electron chi connectivity index (χ1n) is 10.7. The van der Waals surface area contributed by atoms with Crippen molar-refractivity contribution in [3.63, 3.8) is 0 Å². The summed E-state index contributed by atoms with van der Waals surface area (Å²) < 4.78 is 31.1. The number of allylic oxidation sites excluding steroid dienone is 1. The molecule has 0 aliphatic carbocycles. The summed E-state index contributed by atoms with van der Waals surface area (Å²) in [5.41, 5.74) is 3.91. The van der Waals surface area contributed by atoms with E-state index in [4.69, 9.17) is 14.2 Å². The number of rotatable bonds is 6. The minimum Gasteiger partial charge on any atom is -0.494 e. The molecule has 7 nitrogen and oxygen atoms in total. The number of hydrogen-bond donors (Lipinski definition) is 2. The van der Waals surface area contributed by atoms with Crippen LogP contribution < -0.4 is 4.74 Å². The number of aryl methyl sites for hydroxylation is 1. The van der Waals surface area contributed by atoms with Crippen molar-refractivity contribution in [1.82, 2.24) is 5.01 Å². The van der Waals surface area contributed by atoms with Crippen molar-refractivity contribution in [3.05, 3.63) is 40.3 Å². The molecule has 2 heterocycles. The lowest BCUT2D eigenvalue weighted by Gasteiger charge is -2.35. The predicted molar refractivity (Wildman–Crippen MR) is 115 cm³/mol. The van der Waals surface area contributed by atoms with Gasteiger partial charge in [0.05, 0.1) is 25.9 Å². The van der Waals surface area contributed by atoms with E-state index in [0.29, 0.717) is 31.6 Å². The van der Waals surface area contributed by atoms with Gasteiger partial charge in [0.2, 0.25) is 12.2 Å². The summed E-state index contributed by atoms with van der Waals surface area (Å²) in [5, 5.41) is 26.0. The van der Waals surface area contributed by atoms with E-state index in [1.807, 2.05) is 32.7 Å². The van der Waals surface area contributed by atoms with Crippen molar-refractivity contribution in [1.29, 1.82) is 0 Å². The molecular formula is C23H33FN2O5. The van der Waals surface area contributed by atoms with Crippen LogP contribution in [0.4, 0.5) is 4.39 Å². The number of methoxy groups -OCH3 is 1. The van der Waals surface area contributed by atoms with Gasteiger partial charge < -0.3 is 24.4 Å². The van der Waals surface area contributed by atoms with Crippen LogP contribution in [0.15, 0.2) is 28.5 Å². The zero-order valence-electron chi connectivity index (χ0n) is 18.9. The first-order chi connectivity index (χ1) is 14.7. The van der Waals surface area contributed by atoms with E-state index in [1.165, 1.54) is 13.2 Å². The van der Waals surface area contributed by atoms with Crippen molar-refractivity contribution >= 4 is 5.90 Å². The number of halogens is 1. The van der Waals surface area contributed by atoms with E-state index in [1.54, 1.807) is 6.07 Å². The molecule has 0 radical (unpaired) electrons. The summed E-state index contributed by atoms with van der Waals surface area (Å²) in [5.74, 6) is 0.329. The second kappa shape index (κ2) is 9.97. The topological polar surface area (TPSA) is 83.8 Å². The molecule has 3 unspecified atom stereocenters. The quantitative estimate of drug-likeness (QED) is 0.712. The molecule has 0 amide bonds. The maximum atomic E-state index is 14.3. The number of hydrogen-bond acceptors (Lipinski definition) is 7. The molecule has 0 spiro atoms. The highest BCUT2D eigenvalue weighted by Gasteiger charge is 2.32. The molecule has 3 rings (SSSR count). The Morgan fingerprint density at radius 1 is 1.29 bits per heavy atom. The van der Waals surface area contributed by atoms with Gasteiger partial charge in [-0.3, -0.25) is 5.01 Å². The molecule has 172 valence electrons. The highest BCUT2D eigenvalue weighted by molar-refractivity contribution is 5.80. The summed E-state index contributed by atoms with van der Waals surface area (Å²) in [6.07, 6.45) is -0.0114. The van der Waals surface area contributed by atoms with Crippen molar-refractivity contribution < 1.29 is 28.8 Å². The second-order valence-electron chi connectivity index (χ2n) is 8.50. The van der Waals surface area contributed by atoms with Gasteiger partial charge >= 0.3 is 0 Å². The van der Waals surface area contributed by atoms with Crippen LogP contribution in [0.25, 0.3) is 0 Å². The number of aliphatic hydroxyl groups is 2. The monoisotopic (exact) mass is 436 g/mol. The molecule has 1 aromatic carbocycles. The number of benzene rings is 1. The molecule has 0 bridgehead atoms. The molecule has 2 aliphatic rings. The zero-order valence-corrected chi connectivity index (χ0v) is 18.9. The first-order valence-corrected chi connectivity index (χ1v) is 10.7. The van der Waals surface area contributed by atoms with Gasteiger partial charge in [-0.05, 0) is 62.9 Å². The third-order valence-corrected chi connectivity index (χ3v) is 5.76. The van der Waals surface area contributed by atoms with Crippen molar-refractivity contribution in [3.8, 4) is 5.75 Å². The van der Waals surface area contributed by atoms with Gasteiger partial charge in [-0.2, -0.15) is 0 Å². The Balaban J connectivity index is 1.81. The molecule has 1 saturated heterocycles. The number of aliphatic hydroxyl groups excluding tert-OH is 2. The maximum absolute atomic E-state index is 14.3. The van der Waals surface area contributed by atoms with E-state index < -0.39 is 18.5 Å². The maximum Gasteiger partial charge on any atom is 0.213 e. The Bertz CT molecular complexity index is 855. The van der Waals surface area contributed by atoms with Crippen LogP contribution >= 0.6 is 0 Å². The van der Waals surface area contributed by atoms with Crippen LogP contribution in [-0.4, -0.2) is 59.4 Å². The van der Waals surface area contributed by atoms with Gasteiger partial charge in [0.1, 0.15) is 0 Å². The molecule has 31 heavy (non-hydrogen) atoms. The van der Waals surface area contributed by atoms with E-state index in [2.05, 4.69) is 5.10 Å². The van der Waals surface area contributed by atoms with Crippen molar-refractivity contribution in [2.45, 2.75) is 77.9 Å². The predicted octanol–water partition coefficient (Wildman–Crippen LogP) is 3.26. The molecule has 1 fully saturated rings. The Morgan fingerprint density at radius 2 is 2.03 bits per heavy atom. The smallest absolute Gasteiger partial charge is 0.213 e. The molecule has 0 saturated carbocycles. The third-order valence-electron chi connectivity index (χ3n) is 5.76. The summed E-state index contributed by atoms with van der Waals surface area (Å²) in [6.45, 7) is 7.85. The molecule has 1 aromatic rings. The fraction of sp³-hybridized carbons (Fsp3) is 0.609. The van der Waals surface area contributed by atoms with Gasteiger partial charge in [-0.25, -0.2) is 4.39 Å². The van der Waals surface area contributed by atoms with Gasteiger partial charge in [-0.1, -0.05) is 0 Å². The van der Waals surface area contributed by atoms with Gasteiger partial charge in [-0.15, -0.1) is 5.10 Å². The van der Waals surface area contributed by atoms with E-state index in [0.717, 1.165) is 22.4 Å².